The molecule has 132 valence electrons. The molecule has 8 nitrogen and oxygen atoms in total. The molecule has 0 saturated heterocycles. The van der Waals surface area contributed by atoms with E-state index < -0.39 is 23.5 Å². The molecule has 0 bridgehead atoms. The van der Waals surface area contributed by atoms with Crippen LogP contribution in [0, 0.1) is 0 Å². The number of aliphatic carboxylic acids is 1. The van der Waals surface area contributed by atoms with E-state index in [9.17, 15) is 14.4 Å². The predicted octanol–water partition coefficient (Wildman–Crippen LogP) is 2.00. The van der Waals surface area contributed by atoms with Crippen molar-refractivity contribution in [1.29, 1.82) is 0 Å². The third-order valence-corrected chi connectivity index (χ3v) is 3.09. The van der Waals surface area contributed by atoms with Crippen LogP contribution in [0.1, 0.15) is 26.7 Å². The molecule has 0 unspecified atom stereocenters. The first kappa shape index (κ1) is 19.3. The van der Waals surface area contributed by atoms with Crippen LogP contribution in [0.4, 0.5) is 10.5 Å². The van der Waals surface area contributed by atoms with Crippen molar-refractivity contribution in [2.45, 2.75) is 32.2 Å². The smallest absolute Gasteiger partial charge is 0.343 e. The molecule has 0 aliphatic rings. The number of urea groups is 1. The Kier molecular flexibility index (Phi) is 7.03. The fourth-order valence-electron chi connectivity index (χ4n) is 1.82. The molecule has 24 heavy (non-hydrogen) atoms. The Morgan fingerprint density at radius 1 is 1.25 bits per heavy atom. The number of benzene rings is 1. The van der Waals surface area contributed by atoms with E-state index >= 15 is 0 Å². The van der Waals surface area contributed by atoms with Crippen molar-refractivity contribution in [2.24, 2.45) is 0 Å². The lowest BCUT2D eigenvalue weighted by molar-refractivity contribution is -0.143. The largest absolute Gasteiger partial charge is 0.482 e. The van der Waals surface area contributed by atoms with Crippen LogP contribution in [-0.2, 0) is 14.3 Å². The number of methoxy groups -OCH3 is 1. The Balaban J connectivity index is 2.57. The van der Waals surface area contributed by atoms with Gasteiger partial charge in [-0.15, -0.1) is 0 Å². The van der Waals surface area contributed by atoms with E-state index in [1.54, 1.807) is 38.1 Å². The molecule has 1 rings (SSSR count). The monoisotopic (exact) mass is 338 g/mol. The number of ether oxygens (including phenoxy) is 2. The molecule has 1 aromatic rings. The molecule has 2 amide bonds. The second-order valence-corrected chi connectivity index (χ2v) is 5.75. The summed E-state index contributed by atoms with van der Waals surface area (Å²) in [5.74, 6) is -1.02. The number of amides is 2. The van der Waals surface area contributed by atoms with Crippen molar-refractivity contribution in [3.05, 3.63) is 24.3 Å². The van der Waals surface area contributed by atoms with Crippen molar-refractivity contribution in [2.75, 3.05) is 19.0 Å². The number of carbonyl (C=O) groups excluding carboxylic acids is 2. The van der Waals surface area contributed by atoms with E-state index in [4.69, 9.17) is 9.84 Å². The van der Waals surface area contributed by atoms with E-state index in [1.807, 2.05) is 0 Å². The number of anilines is 1. The lowest BCUT2D eigenvalue weighted by Gasteiger charge is -2.25. The average Bonchev–Trinajstić information content (AvgIpc) is 2.50. The second-order valence-electron chi connectivity index (χ2n) is 5.75. The zero-order chi connectivity index (χ0) is 18.2. The predicted molar refractivity (Wildman–Crippen MR) is 87.1 cm³/mol. The van der Waals surface area contributed by atoms with Crippen LogP contribution < -0.4 is 15.4 Å². The van der Waals surface area contributed by atoms with Gasteiger partial charge in [0.05, 0.1) is 7.11 Å². The zero-order valence-corrected chi connectivity index (χ0v) is 13.9. The normalized spacial score (nSPS) is 10.6. The average molecular weight is 338 g/mol. The molecule has 3 N–H and O–H groups in total. The summed E-state index contributed by atoms with van der Waals surface area (Å²) in [6.45, 7) is 3.26. The first-order chi connectivity index (χ1) is 11.2. The van der Waals surface area contributed by atoms with E-state index in [2.05, 4.69) is 15.4 Å². The number of hydrogen-bond acceptors (Lipinski definition) is 5. The van der Waals surface area contributed by atoms with Crippen LogP contribution in [0.3, 0.4) is 0 Å². The SMILES string of the molecule is COC(=O)COc1cccc(NC(=O)NC(C)(C)CCC(=O)O)c1. The third kappa shape index (κ3) is 7.48. The molecule has 0 radical (unpaired) electrons. The van der Waals surface area contributed by atoms with Crippen molar-refractivity contribution >= 4 is 23.7 Å². The maximum atomic E-state index is 12.0. The van der Waals surface area contributed by atoms with Gasteiger partial charge in [0.2, 0.25) is 0 Å². The van der Waals surface area contributed by atoms with Crippen LogP contribution in [0.15, 0.2) is 24.3 Å². The minimum absolute atomic E-state index is 0.0376. The minimum Gasteiger partial charge on any atom is -0.482 e. The summed E-state index contributed by atoms with van der Waals surface area (Å²) in [6, 6.07) is 6.07. The van der Waals surface area contributed by atoms with Gasteiger partial charge in [-0.05, 0) is 32.4 Å². The van der Waals surface area contributed by atoms with Crippen LogP contribution in [-0.4, -0.2) is 42.3 Å². The van der Waals surface area contributed by atoms with Gasteiger partial charge in [-0.3, -0.25) is 4.79 Å². The van der Waals surface area contributed by atoms with Gasteiger partial charge in [0, 0.05) is 23.7 Å². The molecule has 1 aromatic carbocycles. The van der Waals surface area contributed by atoms with Gasteiger partial charge in [0.1, 0.15) is 5.75 Å². The number of esters is 1. The van der Waals surface area contributed by atoms with Gasteiger partial charge >= 0.3 is 18.0 Å². The number of carbonyl (C=O) groups is 3. The van der Waals surface area contributed by atoms with Crippen LogP contribution in [0.2, 0.25) is 0 Å². The standard InChI is InChI=1S/C16H22N2O6/c1-16(2,8-7-13(19)20)18-15(22)17-11-5-4-6-12(9-11)24-10-14(21)23-3/h4-6,9H,7-8,10H2,1-3H3,(H,19,20)(H2,17,18,22). The van der Waals surface area contributed by atoms with Crippen LogP contribution >= 0.6 is 0 Å². The molecule has 0 saturated carbocycles. The Labute approximate surface area is 140 Å². The van der Waals surface area contributed by atoms with Crippen molar-refractivity contribution in [3.8, 4) is 5.75 Å². The van der Waals surface area contributed by atoms with Gasteiger partial charge in [0.25, 0.3) is 0 Å². The number of carboxylic acids is 1. The lowest BCUT2D eigenvalue weighted by Crippen LogP contribution is -2.45. The molecule has 0 heterocycles. The van der Waals surface area contributed by atoms with Crippen LogP contribution in [0.5, 0.6) is 5.75 Å². The Morgan fingerprint density at radius 3 is 2.58 bits per heavy atom. The molecule has 0 spiro atoms. The Hall–Kier alpha value is -2.77. The highest BCUT2D eigenvalue weighted by Crippen LogP contribution is 2.18. The third-order valence-electron chi connectivity index (χ3n) is 3.09. The van der Waals surface area contributed by atoms with Crippen LogP contribution in [0.25, 0.3) is 0 Å². The first-order valence-corrected chi connectivity index (χ1v) is 7.32. The quantitative estimate of drug-likeness (QED) is 0.625. The summed E-state index contributed by atoms with van der Waals surface area (Å²) in [4.78, 5) is 33.7. The number of carboxylic acid groups (broad SMARTS) is 1. The topological polar surface area (TPSA) is 114 Å². The molecule has 0 fully saturated rings. The van der Waals surface area contributed by atoms with Gasteiger partial charge in [-0.1, -0.05) is 6.07 Å². The van der Waals surface area contributed by atoms with Gasteiger partial charge < -0.3 is 25.2 Å². The maximum absolute atomic E-state index is 12.0. The first-order valence-electron chi connectivity index (χ1n) is 7.32. The van der Waals surface area contributed by atoms with Gasteiger partial charge in [0.15, 0.2) is 6.61 Å². The van der Waals surface area contributed by atoms with Crippen molar-refractivity contribution in [3.63, 3.8) is 0 Å². The van der Waals surface area contributed by atoms with E-state index in [1.165, 1.54) is 7.11 Å². The van der Waals surface area contributed by atoms with Crippen molar-refractivity contribution < 1.29 is 29.0 Å². The Morgan fingerprint density at radius 2 is 1.96 bits per heavy atom. The molecular weight excluding hydrogens is 316 g/mol. The summed E-state index contributed by atoms with van der Waals surface area (Å²) in [5, 5.41) is 14.1. The number of hydrogen-bond donors (Lipinski definition) is 3. The molecule has 0 aliphatic heterocycles. The molecule has 0 aromatic heterocycles. The van der Waals surface area contributed by atoms with Gasteiger partial charge in [-0.2, -0.15) is 0 Å². The van der Waals surface area contributed by atoms with E-state index in [0.29, 0.717) is 17.9 Å². The highest BCUT2D eigenvalue weighted by molar-refractivity contribution is 5.90. The Bertz CT molecular complexity index is 600. The minimum atomic E-state index is -0.916. The molecule has 0 aliphatic carbocycles. The van der Waals surface area contributed by atoms with Gasteiger partial charge in [-0.25, -0.2) is 9.59 Å². The summed E-state index contributed by atoms with van der Waals surface area (Å²) in [5.41, 5.74) is -0.189. The second kappa shape index (κ2) is 8.76. The summed E-state index contributed by atoms with van der Waals surface area (Å²) < 4.78 is 9.71. The number of nitrogens with one attached hydrogen (secondary N) is 2. The summed E-state index contributed by atoms with van der Waals surface area (Å²) in [6.07, 6.45) is 0.266. The zero-order valence-electron chi connectivity index (χ0n) is 13.9. The maximum Gasteiger partial charge on any atom is 0.343 e. The highest BCUT2D eigenvalue weighted by Gasteiger charge is 2.21. The summed E-state index contributed by atoms with van der Waals surface area (Å²) >= 11 is 0. The van der Waals surface area contributed by atoms with E-state index in [-0.39, 0.29) is 13.0 Å². The molecular formula is C16H22N2O6. The summed E-state index contributed by atoms with van der Waals surface area (Å²) in [7, 11) is 1.26. The molecule has 8 heteroatoms. The highest BCUT2D eigenvalue weighted by atomic mass is 16.6. The fraction of sp³-hybridized carbons (Fsp3) is 0.438. The molecule has 0 atom stereocenters. The van der Waals surface area contributed by atoms with E-state index in [0.717, 1.165) is 0 Å². The lowest BCUT2D eigenvalue weighted by atomic mass is 9.99. The fourth-order valence-corrected chi connectivity index (χ4v) is 1.82. The van der Waals surface area contributed by atoms with Crippen molar-refractivity contribution in [1.82, 2.24) is 5.32 Å². The number of rotatable bonds is 8.